The Kier molecular flexibility index (Phi) is 2.83. The number of hydrogen-bond donors (Lipinski definition) is 1. The monoisotopic (exact) mass is 246 g/mol. The SMILES string of the molecule is NCCCc1nnc2n1CCc1ccc(F)cc1-2. The summed E-state index contributed by atoms with van der Waals surface area (Å²) < 4.78 is 15.4. The minimum Gasteiger partial charge on any atom is -0.330 e. The van der Waals surface area contributed by atoms with Gasteiger partial charge in [-0.1, -0.05) is 6.07 Å². The summed E-state index contributed by atoms with van der Waals surface area (Å²) in [6.45, 7) is 1.51. The number of aryl methyl sites for hydroxylation is 2. The van der Waals surface area contributed by atoms with Crippen LogP contribution in [0.25, 0.3) is 11.4 Å². The molecule has 94 valence electrons. The molecule has 0 spiro atoms. The van der Waals surface area contributed by atoms with Crippen LogP contribution in [-0.4, -0.2) is 21.3 Å². The van der Waals surface area contributed by atoms with Crippen LogP contribution < -0.4 is 5.73 Å². The fourth-order valence-electron chi connectivity index (χ4n) is 2.42. The predicted molar refractivity (Wildman–Crippen MR) is 66.5 cm³/mol. The van der Waals surface area contributed by atoms with Crippen molar-refractivity contribution in [3.8, 4) is 11.4 Å². The molecule has 2 aromatic rings. The number of nitrogens with two attached hydrogens (primary N) is 1. The van der Waals surface area contributed by atoms with E-state index in [0.29, 0.717) is 6.54 Å². The summed E-state index contributed by atoms with van der Waals surface area (Å²) in [6, 6.07) is 4.88. The van der Waals surface area contributed by atoms with Gasteiger partial charge in [-0.15, -0.1) is 10.2 Å². The zero-order valence-corrected chi connectivity index (χ0v) is 10.1. The molecule has 1 aromatic carbocycles. The number of aromatic nitrogens is 3. The Balaban J connectivity index is 2.03. The Hall–Kier alpha value is -1.75. The largest absolute Gasteiger partial charge is 0.330 e. The molecule has 0 saturated heterocycles. The van der Waals surface area contributed by atoms with Crippen molar-refractivity contribution >= 4 is 0 Å². The molecule has 0 radical (unpaired) electrons. The van der Waals surface area contributed by atoms with Gasteiger partial charge in [-0.2, -0.15) is 0 Å². The molecular weight excluding hydrogens is 231 g/mol. The van der Waals surface area contributed by atoms with Gasteiger partial charge in [0.15, 0.2) is 5.82 Å². The molecule has 5 heteroatoms. The minimum atomic E-state index is -0.228. The van der Waals surface area contributed by atoms with E-state index in [1.165, 1.54) is 6.07 Å². The molecule has 4 nitrogen and oxygen atoms in total. The molecule has 2 N–H and O–H groups in total. The summed E-state index contributed by atoms with van der Waals surface area (Å²) in [5.41, 5.74) is 7.52. The fraction of sp³-hybridized carbons (Fsp3) is 0.385. The molecule has 1 aromatic heterocycles. The van der Waals surface area contributed by atoms with Crippen molar-refractivity contribution in [1.82, 2.24) is 14.8 Å². The second-order valence-electron chi connectivity index (χ2n) is 4.54. The van der Waals surface area contributed by atoms with Crippen LogP contribution in [0, 0.1) is 5.82 Å². The maximum atomic E-state index is 13.3. The molecule has 0 saturated carbocycles. The van der Waals surface area contributed by atoms with Crippen LogP contribution >= 0.6 is 0 Å². The lowest BCUT2D eigenvalue weighted by atomic mass is 10.0. The Bertz CT molecular complexity index is 576. The highest BCUT2D eigenvalue weighted by Gasteiger charge is 2.21. The topological polar surface area (TPSA) is 56.7 Å². The molecule has 18 heavy (non-hydrogen) atoms. The second kappa shape index (κ2) is 4.49. The summed E-state index contributed by atoms with van der Waals surface area (Å²) in [4.78, 5) is 0. The van der Waals surface area contributed by atoms with Crippen molar-refractivity contribution in [2.24, 2.45) is 5.73 Å². The molecule has 0 amide bonds. The lowest BCUT2D eigenvalue weighted by molar-refractivity contribution is 0.612. The quantitative estimate of drug-likeness (QED) is 0.893. The van der Waals surface area contributed by atoms with Gasteiger partial charge in [0.1, 0.15) is 11.6 Å². The second-order valence-corrected chi connectivity index (χ2v) is 4.54. The molecule has 0 bridgehead atoms. The van der Waals surface area contributed by atoms with Crippen LogP contribution in [0.4, 0.5) is 4.39 Å². The Labute approximate surface area is 105 Å². The number of benzene rings is 1. The van der Waals surface area contributed by atoms with E-state index < -0.39 is 0 Å². The average molecular weight is 246 g/mol. The highest BCUT2D eigenvalue weighted by molar-refractivity contribution is 5.62. The lowest BCUT2D eigenvalue weighted by Crippen LogP contribution is -2.14. The van der Waals surface area contributed by atoms with E-state index in [0.717, 1.165) is 48.6 Å². The van der Waals surface area contributed by atoms with Crippen molar-refractivity contribution in [1.29, 1.82) is 0 Å². The number of hydrogen-bond acceptors (Lipinski definition) is 3. The van der Waals surface area contributed by atoms with Gasteiger partial charge >= 0.3 is 0 Å². The third-order valence-electron chi connectivity index (χ3n) is 3.35. The minimum absolute atomic E-state index is 0.228. The van der Waals surface area contributed by atoms with Gasteiger partial charge in [0.2, 0.25) is 0 Å². The number of fused-ring (bicyclic) bond motifs is 3. The molecule has 0 fully saturated rings. The Morgan fingerprint density at radius 3 is 3.06 bits per heavy atom. The molecule has 3 rings (SSSR count). The maximum Gasteiger partial charge on any atom is 0.164 e. The molecule has 0 aliphatic carbocycles. The van der Waals surface area contributed by atoms with Crippen molar-refractivity contribution in [2.45, 2.75) is 25.8 Å². The molecular formula is C13H15FN4. The Morgan fingerprint density at radius 1 is 1.33 bits per heavy atom. The first-order valence-electron chi connectivity index (χ1n) is 6.20. The molecule has 1 aliphatic heterocycles. The van der Waals surface area contributed by atoms with Crippen LogP contribution in [0.5, 0.6) is 0 Å². The highest BCUT2D eigenvalue weighted by atomic mass is 19.1. The summed E-state index contributed by atoms with van der Waals surface area (Å²) in [6.07, 6.45) is 2.62. The lowest BCUT2D eigenvalue weighted by Gasteiger charge is -2.18. The molecule has 0 unspecified atom stereocenters. The van der Waals surface area contributed by atoms with Gasteiger partial charge < -0.3 is 10.3 Å². The van der Waals surface area contributed by atoms with Crippen LogP contribution in [0.15, 0.2) is 18.2 Å². The first kappa shape index (κ1) is 11.3. The third kappa shape index (κ3) is 1.80. The summed E-state index contributed by atoms with van der Waals surface area (Å²) in [7, 11) is 0. The zero-order valence-electron chi connectivity index (χ0n) is 10.1. The number of nitrogens with zero attached hydrogens (tertiary/aromatic N) is 3. The van der Waals surface area contributed by atoms with E-state index in [-0.39, 0.29) is 5.82 Å². The van der Waals surface area contributed by atoms with Gasteiger partial charge in [-0.3, -0.25) is 0 Å². The van der Waals surface area contributed by atoms with Gasteiger partial charge in [0.25, 0.3) is 0 Å². The van der Waals surface area contributed by atoms with E-state index in [9.17, 15) is 4.39 Å². The predicted octanol–water partition coefficient (Wildman–Crippen LogP) is 1.53. The van der Waals surface area contributed by atoms with Crippen molar-refractivity contribution in [3.05, 3.63) is 35.4 Å². The smallest absolute Gasteiger partial charge is 0.164 e. The van der Waals surface area contributed by atoms with Crippen molar-refractivity contribution in [2.75, 3.05) is 6.54 Å². The zero-order chi connectivity index (χ0) is 12.5. The van der Waals surface area contributed by atoms with Gasteiger partial charge in [0.05, 0.1) is 0 Å². The van der Waals surface area contributed by atoms with Gasteiger partial charge in [-0.05, 0) is 37.1 Å². The molecule has 2 heterocycles. The van der Waals surface area contributed by atoms with Gasteiger partial charge in [-0.25, -0.2) is 4.39 Å². The standard InChI is InChI=1S/C13H15FN4/c14-10-4-3-9-5-7-18-12(2-1-6-15)16-17-13(18)11(9)8-10/h3-4,8H,1-2,5-7,15H2. The summed E-state index contributed by atoms with van der Waals surface area (Å²) in [5, 5.41) is 8.40. The van der Waals surface area contributed by atoms with Crippen LogP contribution in [-0.2, 0) is 19.4 Å². The first-order valence-corrected chi connectivity index (χ1v) is 6.20. The maximum absolute atomic E-state index is 13.3. The number of rotatable bonds is 3. The van der Waals surface area contributed by atoms with Crippen LogP contribution in [0.2, 0.25) is 0 Å². The molecule has 1 aliphatic rings. The van der Waals surface area contributed by atoms with Crippen molar-refractivity contribution in [3.63, 3.8) is 0 Å². The van der Waals surface area contributed by atoms with E-state index in [2.05, 4.69) is 14.8 Å². The van der Waals surface area contributed by atoms with Gasteiger partial charge in [0, 0.05) is 18.5 Å². The van der Waals surface area contributed by atoms with E-state index in [1.54, 1.807) is 6.07 Å². The number of halogens is 1. The van der Waals surface area contributed by atoms with E-state index in [1.807, 2.05) is 6.07 Å². The fourth-order valence-corrected chi connectivity index (χ4v) is 2.42. The summed E-state index contributed by atoms with van der Waals surface area (Å²) >= 11 is 0. The summed E-state index contributed by atoms with van der Waals surface area (Å²) in [5.74, 6) is 1.50. The normalized spacial score (nSPS) is 13.2. The van der Waals surface area contributed by atoms with E-state index >= 15 is 0 Å². The molecule has 0 atom stereocenters. The van der Waals surface area contributed by atoms with E-state index in [4.69, 9.17) is 5.73 Å². The first-order chi connectivity index (χ1) is 8.79. The third-order valence-corrected chi connectivity index (χ3v) is 3.35. The van der Waals surface area contributed by atoms with Crippen LogP contribution in [0.3, 0.4) is 0 Å². The van der Waals surface area contributed by atoms with Crippen molar-refractivity contribution < 1.29 is 4.39 Å². The van der Waals surface area contributed by atoms with Crippen LogP contribution in [0.1, 0.15) is 17.8 Å². The average Bonchev–Trinajstić information content (AvgIpc) is 2.79. The Morgan fingerprint density at radius 2 is 2.22 bits per heavy atom. The highest BCUT2D eigenvalue weighted by Crippen LogP contribution is 2.29.